The molecule has 0 spiro atoms. The summed E-state index contributed by atoms with van der Waals surface area (Å²) in [5, 5.41) is 0. The molecule has 2 atom stereocenters. The van der Waals surface area contributed by atoms with Crippen molar-refractivity contribution in [3.8, 4) is 0 Å². The molecule has 0 saturated carbocycles. The molecule has 2 N–H and O–H groups in total. The van der Waals surface area contributed by atoms with Crippen molar-refractivity contribution in [3.63, 3.8) is 0 Å². The van der Waals surface area contributed by atoms with Gasteiger partial charge in [0.05, 0.1) is 0 Å². The Labute approximate surface area is 67.0 Å². The average Bonchev–Trinajstić information content (AvgIpc) is 2.37. The Balaban J connectivity index is 2.44. The maximum absolute atomic E-state index is 5.99. The number of rotatable bonds is 0. The molecule has 11 heavy (non-hydrogen) atoms. The molecule has 0 fully saturated rings. The largest absolute Gasteiger partial charge is 0.357 e. The van der Waals surface area contributed by atoms with Gasteiger partial charge in [-0.2, -0.15) is 0 Å². The summed E-state index contributed by atoms with van der Waals surface area (Å²) in [7, 11) is 2.05. The Kier molecular flexibility index (Phi) is 1.33. The van der Waals surface area contributed by atoms with Crippen LogP contribution in [0.1, 0.15) is 24.1 Å². The number of hydrogen-bond acceptors (Lipinski definition) is 1. The van der Waals surface area contributed by atoms with Gasteiger partial charge >= 0.3 is 0 Å². The minimum atomic E-state index is 0.270. The minimum Gasteiger partial charge on any atom is -0.357 e. The zero-order valence-corrected chi connectivity index (χ0v) is 7.04. The molecule has 2 unspecified atom stereocenters. The third-order valence-electron chi connectivity index (χ3n) is 2.59. The Hall–Kier alpha value is -0.760. The molecular formula is C9H14N2. The van der Waals surface area contributed by atoms with Crippen LogP contribution >= 0.6 is 0 Å². The molecule has 2 heteroatoms. The topological polar surface area (TPSA) is 30.9 Å². The lowest BCUT2D eigenvalue weighted by atomic mass is 10.1. The highest BCUT2D eigenvalue weighted by molar-refractivity contribution is 5.33. The predicted molar refractivity (Wildman–Crippen MR) is 45.2 cm³/mol. The number of fused-ring (bicyclic) bond motifs is 1. The van der Waals surface area contributed by atoms with Crippen LogP contribution in [0.5, 0.6) is 0 Å². The van der Waals surface area contributed by atoms with Gasteiger partial charge < -0.3 is 10.3 Å². The first-order valence-corrected chi connectivity index (χ1v) is 4.09. The molecule has 0 bridgehead atoms. The Morgan fingerprint density at radius 3 is 2.91 bits per heavy atom. The van der Waals surface area contributed by atoms with Crippen molar-refractivity contribution in [1.82, 2.24) is 4.57 Å². The number of nitrogens with two attached hydrogens (primary N) is 1. The summed E-state index contributed by atoms with van der Waals surface area (Å²) in [6.45, 7) is 2.21. The van der Waals surface area contributed by atoms with Gasteiger partial charge in [-0.3, -0.25) is 0 Å². The van der Waals surface area contributed by atoms with E-state index >= 15 is 0 Å². The quantitative estimate of drug-likeness (QED) is 0.592. The maximum atomic E-state index is 5.99. The molecule has 60 valence electrons. The molecule has 1 aliphatic rings. The molecule has 2 nitrogen and oxygen atoms in total. The average molecular weight is 150 g/mol. The van der Waals surface area contributed by atoms with E-state index in [4.69, 9.17) is 5.73 Å². The smallest absolute Gasteiger partial charge is 0.0341 e. The van der Waals surface area contributed by atoms with E-state index in [2.05, 4.69) is 30.9 Å². The fourth-order valence-corrected chi connectivity index (χ4v) is 1.91. The van der Waals surface area contributed by atoms with Crippen LogP contribution in [0.25, 0.3) is 0 Å². The van der Waals surface area contributed by atoms with E-state index in [-0.39, 0.29) is 6.04 Å². The lowest BCUT2D eigenvalue weighted by molar-refractivity contribution is 0.509. The van der Waals surface area contributed by atoms with E-state index in [1.807, 2.05) is 0 Å². The van der Waals surface area contributed by atoms with Crippen molar-refractivity contribution in [3.05, 3.63) is 23.5 Å². The fraction of sp³-hybridized carbons (Fsp3) is 0.556. The van der Waals surface area contributed by atoms with Crippen LogP contribution in [0.4, 0.5) is 0 Å². The predicted octanol–water partition coefficient (Wildman–Crippen LogP) is 1.22. The molecule has 0 aliphatic heterocycles. The third kappa shape index (κ3) is 0.897. The van der Waals surface area contributed by atoms with E-state index in [0.717, 1.165) is 6.42 Å². The van der Waals surface area contributed by atoms with Crippen molar-refractivity contribution in [2.45, 2.75) is 19.4 Å². The van der Waals surface area contributed by atoms with E-state index in [1.54, 1.807) is 0 Å². The van der Waals surface area contributed by atoms with Crippen LogP contribution in [0.15, 0.2) is 12.4 Å². The highest BCUT2D eigenvalue weighted by Gasteiger charge is 2.27. The van der Waals surface area contributed by atoms with Gasteiger partial charge in [-0.25, -0.2) is 0 Å². The highest BCUT2D eigenvalue weighted by atomic mass is 14.9. The zero-order valence-electron chi connectivity index (χ0n) is 7.04. The molecule has 0 saturated heterocycles. The first-order valence-electron chi connectivity index (χ1n) is 4.09. The monoisotopic (exact) mass is 150 g/mol. The van der Waals surface area contributed by atoms with Gasteiger partial charge in [-0.1, -0.05) is 6.92 Å². The van der Waals surface area contributed by atoms with Gasteiger partial charge in [0.2, 0.25) is 0 Å². The van der Waals surface area contributed by atoms with E-state index in [1.165, 1.54) is 11.1 Å². The van der Waals surface area contributed by atoms with Gasteiger partial charge in [0.15, 0.2) is 0 Å². The Morgan fingerprint density at radius 2 is 2.27 bits per heavy atom. The van der Waals surface area contributed by atoms with Crippen LogP contribution in [0.2, 0.25) is 0 Å². The van der Waals surface area contributed by atoms with Crippen molar-refractivity contribution in [2.75, 3.05) is 0 Å². The van der Waals surface area contributed by atoms with Crippen molar-refractivity contribution >= 4 is 0 Å². The van der Waals surface area contributed by atoms with Crippen molar-refractivity contribution < 1.29 is 0 Å². The normalized spacial score (nSPS) is 29.0. The number of hydrogen-bond donors (Lipinski definition) is 1. The molecule has 0 amide bonds. The second kappa shape index (κ2) is 2.11. The number of aryl methyl sites for hydroxylation is 1. The van der Waals surface area contributed by atoms with Crippen LogP contribution in [-0.4, -0.2) is 4.57 Å². The lowest BCUT2D eigenvalue weighted by Crippen LogP contribution is -2.13. The summed E-state index contributed by atoms with van der Waals surface area (Å²) < 4.78 is 2.09. The second-order valence-corrected chi connectivity index (χ2v) is 3.61. The van der Waals surface area contributed by atoms with Gasteiger partial charge in [0.1, 0.15) is 0 Å². The van der Waals surface area contributed by atoms with Crippen LogP contribution < -0.4 is 5.73 Å². The van der Waals surface area contributed by atoms with Crippen LogP contribution in [0, 0.1) is 5.92 Å². The summed E-state index contributed by atoms with van der Waals surface area (Å²) >= 11 is 0. The second-order valence-electron chi connectivity index (χ2n) is 3.61. The first kappa shape index (κ1) is 6.92. The number of aromatic nitrogens is 1. The molecule has 0 radical (unpaired) electrons. The first-order chi connectivity index (χ1) is 5.18. The Bertz CT molecular complexity index is 275. The van der Waals surface area contributed by atoms with Gasteiger partial charge in [-0.05, 0) is 23.5 Å². The minimum absolute atomic E-state index is 0.270. The van der Waals surface area contributed by atoms with Crippen LogP contribution in [0.3, 0.4) is 0 Å². The van der Waals surface area contributed by atoms with Gasteiger partial charge in [0, 0.05) is 25.5 Å². The molecule has 2 rings (SSSR count). The van der Waals surface area contributed by atoms with Crippen molar-refractivity contribution in [2.24, 2.45) is 18.7 Å². The van der Waals surface area contributed by atoms with Gasteiger partial charge in [0.25, 0.3) is 0 Å². The summed E-state index contributed by atoms with van der Waals surface area (Å²) in [5.74, 6) is 0.626. The standard InChI is InChI=1S/C9H14N2/c1-6-3-7-4-11(2)5-8(7)9(6)10/h4-6,9H,3,10H2,1-2H3. The summed E-state index contributed by atoms with van der Waals surface area (Å²) in [5.41, 5.74) is 8.77. The molecular weight excluding hydrogens is 136 g/mol. The summed E-state index contributed by atoms with van der Waals surface area (Å²) in [4.78, 5) is 0. The molecule has 1 aromatic heterocycles. The maximum Gasteiger partial charge on any atom is 0.0341 e. The Morgan fingerprint density at radius 1 is 1.55 bits per heavy atom. The summed E-state index contributed by atoms with van der Waals surface area (Å²) in [6.07, 6.45) is 5.47. The van der Waals surface area contributed by atoms with Crippen LogP contribution in [-0.2, 0) is 13.5 Å². The SMILES string of the molecule is CC1Cc2cn(C)cc2C1N. The summed E-state index contributed by atoms with van der Waals surface area (Å²) in [6, 6.07) is 0.270. The van der Waals surface area contributed by atoms with E-state index < -0.39 is 0 Å². The lowest BCUT2D eigenvalue weighted by Gasteiger charge is -2.08. The molecule has 1 aliphatic carbocycles. The zero-order chi connectivity index (χ0) is 8.01. The van der Waals surface area contributed by atoms with E-state index in [9.17, 15) is 0 Å². The molecule has 0 aromatic carbocycles. The third-order valence-corrected chi connectivity index (χ3v) is 2.59. The van der Waals surface area contributed by atoms with Gasteiger partial charge in [-0.15, -0.1) is 0 Å². The molecule has 1 heterocycles. The highest BCUT2D eigenvalue weighted by Crippen LogP contribution is 2.34. The van der Waals surface area contributed by atoms with E-state index in [0.29, 0.717) is 5.92 Å². The molecule has 1 aromatic rings. The fourth-order valence-electron chi connectivity index (χ4n) is 1.91. The number of nitrogens with zero attached hydrogens (tertiary/aromatic N) is 1. The van der Waals surface area contributed by atoms with Crippen molar-refractivity contribution in [1.29, 1.82) is 0 Å².